The van der Waals surface area contributed by atoms with Crippen LogP contribution in [0.5, 0.6) is 11.5 Å². The molecule has 3 rings (SSSR count). The fraction of sp³-hybridized carbons (Fsp3) is 0.727. The molecule has 2 aliphatic heterocycles. The Kier molecular flexibility index (Phi) is 6.18. The number of benzene rings is 1. The van der Waals surface area contributed by atoms with Crippen LogP contribution in [-0.4, -0.2) is 37.9 Å². The molecule has 2 unspecified atom stereocenters. The quantitative estimate of drug-likeness (QED) is 0.627. The van der Waals surface area contributed by atoms with Crippen molar-refractivity contribution in [3.8, 4) is 11.5 Å². The van der Waals surface area contributed by atoms with Gasteiger partial charge < -0.3 is 9.47 Å². The second kappa shape index (κ2) is 8.13. The van der Waals surface area contributed by atoms with Gasteiger partial charge in [0.2, 0.25) is 0 Å². The fourth-order valence-electron chi connectivity index (χ4n) is 4.72. The van der Waals surface area contributed by atoms with Crippen LogP contribution < -0.4 is 9.47 Å². The summed E-state index contributed by atoms with van der Waals surface area (Å²) in [7, 11) is 1.54. The SMILES string of the molecule is COc1cc2c(cc1OCCC(F)(F)F)CCN1CC(CC(C)(C)C)CCC21. The van der Waals surface area contributed by atoms with E-state index in [4.69, 9.17) is 9.47 Å². The van der Waals surface area contributed by atoms with Gasteiger partial charge in [0.15, 0.2) is 11.5 Å². The first kappa shape index (κ1) is 21.3. The molecule has 28 heavy (non-hydrogen) atoms. The van der Waals surface area contributed by atoms with Crippen molar-refractivity contribution in [3.05, 3.63) is 23.3 Å². The van der Waals surface area contributed by atoms with Crippen LogP contribution in [0, 0.1) is 11.3 Å². The molecule has 0 amide bonds. The van der Waals surface area contributed by atoms with Crippen molar-refractivity contribution in [1.82, 2.24) is 4.90 Å². The minimum Gasteiger partial charge on any atom is -0.493 e. The van der Waals surface area contributed by atoms with Crippen LogP contribution in [0.1, 0.15) is 63.6 Å². The predicted octanol–water partition coefficient (Wildman–Crippen LogP) is 5.77. The number of ether oxygens (including phenoxy) is 2. The monoisotopic (exact) mass is 399 g/mol. The molecule has 1 fully saturated rings. The standard InChI is InChI=1S/C22H32F3NO2/c1-21(2,3)13-15-5-6-18-17-12-19(27-4)20(28-10-8-22(23,24)25)11-16(17)7-9-26(18)14-15/h11-12,15,18H,5-10,13-14H2,1-4H3. The zero-order valence-corrected chi connectivity index (χ0v) is 17.4. The van der Waals surface area contributed by atoms with Crippen molar-refractivity contribution in [3.63, 3.8) is 0 Å². The number of hydrogen-bond acceptors (Lipinski definition) is 3. The number of nitrogens with zero attached hydrogens (tertiary/aromatic N) is 1. The van der Waals surface area contributed by atoms with Gasteiger partial charge in [-0.25, -0.2) is 0 Å². The third-order valence-electron chi connectivity index (χ3n) is 5.78. The van der Waals surface area contributed by atoms with E-state index in [0.717, 1.165) is 31.8 Å². The fourth-order valence-corrected chi connectivity index (χ4v) is 4.72. The van der Waals surface area contributed by atoms with E-state index >= 15 is 0 Å². The lowest BCUT2D eigenvalue weighted by molar-refractivity contribution is -0.139. The van der Waals surface area contributed by atoms with Crippen molar-refractivity contribution in [2.75, 3.05) is 26.8 Å². The van der Waals surface area contributed by atoms with Gasteiger partial charge in [-0.1, -0.05) is 20.8 Å². The van der Waals surface area contributed by atoms with Crippen LogP contribution in [0.4, 0.5) is 13.2 Å². The second-order valence-corrected chi connectivity index (χ2v) is 9.38. The Morgan fingerprint density at radius 1 is 1.11 bits per heavy atom. The first-order valence-electron chi connectivity index (χ1n) is 10.2. The number of alkyl halides is 3. The van der Waals surface area contributed by atoms with E-state index in [0.29, 0.717) is 23.0 Å². The minimum absolute atomic E-state index is 0.344. The van der Waals surface area contributed by atoms with Crippen LogP contribution in [0.2, 0.25) is 0 Å². The maximum atomic E-state index is 12.4. The molecule has 2 atom stereocenters. The number of halogens is 3. The van der Waals surface area contributed by atoms with Crippen molar-refractivity contribution in [1.29, 1.82) is 0 Å². The highest BCUT2D eigenvalue weighted by atomic mass is 19.4. The molecular formula is C22H32F3NO2. The van der Waals surface area contributed by atoms with Gasteiger partial charge in [0.25, 0.3) is 0 Å². The molecule has 0 bridgehead atoms. The lowest BCUT2D eigenvalue weighted by Crippen LogP contribution is -2.43. The Hall–Kier alpha value is -1.43. The van der Waals surface area contributed by atoms with Crippen molar-refractivity contribution < 1.29 is 22.6 Å². The molecule has 6 heteroatoms. The summed E-state index contributed by atoms with van der Waals surface area (Å²) in [5.74, 6) is 1.67. The molecule has 0 aliphatic carbocycles. The van der Waals surface area contributed by atoms with Crippen molar-refractivity contribution in [2.45, 2.75) is 65.1 Å². The van der Waals surface area contributed by atoms with Crippen LogP contribution >= 0.6 is 0 Å². The van der Waals surface area contributed by atoms with Crippen LogP contribution in [-0.2, 0) is 6.42 Å². The lowest BCUT2D eigenvalue weighted by atomic mass is 9.77. The highest BCUT2D eigenvalue weighted by Crippen LogP contribution is 2.44. The third kappa shape index (κ3) is 5.34. The van der Waals surface area contributed by atoms with Gasteiger partial charge in [0.1, 0.15) is 0 Å². The Morgan fingerprint density at radius 3 is 2.50 bits per heavy atom. The summed E-state index contributed by atoms with van der Waals surface area (Å²) < 4.78 is 48.1. The number of methoxy groups -OCH3 is 1. The molecule has 2 aliphatic rings. The second-order valence-electron chi connectivity index (χ2n) is 9.38. The van der Waals surface area contributed by atoms with Crippen LogP contribution in [0.15, 0.2) is 12.1 Å². The number of rotatable bonds is 5. The van der Waals surface area contributed by atoms with E-state index in [1.54, 1.807) is 7.11 Å². The average molecular weight is 399 g/mol. The molecule has 0 aromatic heterocycles. The lowest BCUT2D eigenvalue weighted by Gasteiger charge is -2.45. The molecular weight excluding hydrogens is 367 g/mol. The maximum absolute atomic E-state index is 12.4. The molecule has 1 aromatic rings. The predicted molar refractivity (Wildman–Crippen MR) is 104 cm³/mol. The van der Waals surface area contributed by atoms with E-state index in [1.807, 2.05) is 12.1 Å². The number of fused-ring (bicyclic) bond motifs is 3. The average Bonchev–Trinajstić information content (AvgIpc) is 2.58. The van der Waals surface area contributed by atoms with Gasteiger partial charge in [-0.15, -0.1) is 0 Å². The summed E-state index contributed by atoms with van der Waals surface area (Å²) >= 11 is 0. The summed E-state index contributed by atoms with van der Waals surface area (Å²) in [6.45, 7) is 8.63. The zero-order valence-electron chi connectivity index (χ0n) is 17.4. The molecule has 0 N–H and O–H groups in total. The normalized spacial score (nSPS) is 23.1. The van der Waals surface area contributed by atoms with Crippen molar-refractivity contribution >= 4 is 0 Å². The van der Waals surface area contributed by atoms with Crippen LogP contribution in [0.3, 0.4) is 0 Å². The smallest absolute Gasteiger partial charge is 0.392 e. The topological polar surface area (TPSA) is 21.7 Å². The third-order valence-corrected chi connectivity index (χ3v) is 5.78. The maximum Gasteiger partial charge on any atom is 0.392 e. The summed E-state index contributed by atoms with van der Waals surface area (Å²) in [6, 6.07) is 4.25. The van der Waals surface area contributed by atoms with Gasteiger partial charge in [-0.3, -0.25) is 4.90 Å². The Balaban J connectivity index is 1.73. The van der Waals surface area contributed by atoms with Gasteiger partial charge >= 0.3 is 6.18 Å². The molecule has 0 saturated carbocycles. The van der Waals surface area contributed by atoms with Gasteiger partial charge in [0, 0.05) is 19.1 Å². The van der Waals surface area contributed by atoms with E-state index in [1.165, 1.54) is 24.0 Å². The van der Waals surface area contributed by atoms with E-state index < -0.39 is 12.6 Å². The van der Waals surface area contributed by atoms with Crippen LogP contribution in [0.25, 0.3) is 0 Å². The largest absolute Gasteiger partial charge is 0.493 e. The van der Waals surface area contributed by atoms with Gasteiger partial charge in [-0.2, -0.15) is 13.2 Å². The highest BCUT2D eigenvalue weighted by Gasteiger charge is 2.35. The van der Waals surface area contributed by atoms with E-state index in [-0.39, 0.29) is 6.61 Å². The summed E-state index contributed by atoms with van der Waals surface area (Å²) in [4.78, 5) is 2.58. The molecule has 1 saturated heterocycles. The highest BCUT2D eigenvalue weighted by molar-refractivity contribution is 5.49. The number of piperidine rings is 1. The Morgan fingerprint density at radius 2 is 1.86 bits per heavy atom. The molecule has 0 spiro atoms. The Labute approximate surface area is 166 Å². The summed E-state index contributed by atoms with van der Waals surface area (Å²) in [6.07, 6.45) is -0.715. The van der Waals surface area contributed by atoms with Gasteiger partial charge in [0.05, 0.1) is 20.1 Å². The van der Waals surface area contributed by atoms with E-state index in [2.05, 4.69) is 25.7 Å². The summed E-state index contributed by atoms with van der Waals surface area (Å²) in [5.41, 5.74) is 2.77. The first-order chi connectivity index (χ1) is 13.1. The molecule has 3 nitrogen and oxygen atoms in total. The summed E-state index contributed by atoms with van der Waals surface area (Å²) in [5, 5.41) is 0. The zero-order chi connectivity index (χ0) is 20.5. The van der Waals surface area contributed by atoms with Crippen molar-refractivity contribution in [2.24, 2.45) is 11.3 Å². The Bertz CT molecular complexity index is 682. The van der Waals surface area contributed by atoms with Gasteiger partial charge in [-0.05, 0) is 60.3 Å². The van der Waals surface area contributed by atoms with E-state index in [9.17, 15) is 13.2 Å². The number of hydrogen-bond donors (Lipinski definition) is 0. The first-order valence-corrected chi connectivity index (χ1v) is 10.2. The molecule has 1 aromatic carbocycles. The molecule has 2 heterocycles. The molecule has 158 valence electrons. The minimum atomic E-state index is -4.21. The molecule has 0 radical (unpaired) electrons.